The van der Waals surface area contributed by atoms with Gasteiger partial charge >= 0.3 is 5.97 Å². The number of ether oxygens (including phenoxy) is 1. The smallest absolute Gasteiger partial charge is 0.355 e. The standard InChI is InChI=1S/C19H22N2O5S2/c1-4-25-19(22)18-13(2)16(14(3)20-18)12-21(11-15-7-5-9-26-15)28(23,24)17-8-6-10-27-17/h5-10,20H,4,11-12H2,1-3H3. The van der Waals surface area contributed by atoms with Crippen LogP contribution in [0.5, 0.6) is 0 Å². The lowest BCUT2D eigenvalue weighted by Gasteiger charge is -2.21. The Kier molecular flexibility index (Phi) is 6.07. The number of hydrogen-bond donors (Lipinski definition) is 1. The lowest BCUT2D eigenvalue weighted by atomic mass is 10.1. The fourth-order valence-corrected chi connectivity index (χ4v) is 5.47. The highest BCUT2D eigenvalue weighted by Gasteiger charge is 2.29. The maximum atomic E-state index is 13.2. The van der Waals surface area contributed by atoms with Crippen LogP contribution in [0.25, 0.3) is 0 Å². The first-order chi connectivity index (χ1) is 13.3. The minimum Gasteiger partial charge on any atom is -0.468 e. The summed E-state index contributed by atoms with van der Waals surface area (Å²) in [6.45, 7) is 5.80. The largest absolute Gasteiger partial charge is 0.468 e. The lowest BCUT2D eigenvalue weighted by molar-refractivity contribution is 0.0519. The molecule has 0 unspecified atom stereocenters. The molecule has 0 saturated heterocycles. The van der Waals surface area contributed by atoms with Gasteiger partial charge in [-0.2, -0.15) is 4.31 Å². The number of thiophene rings is 1. The SMILES string of the molecule is CCOC(=O)c1[nH]c(C)c(CN(Cc2ccco2)S(=O)(=O)c2cccs2)c1C. The molecule has 3 aromatic heterocycles. The highest BCUT2D eigenvalue weighted by Crippen LogP contribution is 2.28. The number of carbonyl (C=O) groups is 1. The number of H-pyrrole nitrogens is 1. The van der Waals surface area contributed by atoms with Crippen LogP contribution in [0.3, 0.4) is 0 Å². The van der Waals surface area contributed by atoms with Gasteiger partial charge < -0.3 is 14.1 Å². The Balaban J connectivity index is 1.98. The van der Waals surface area contributed by atoms with Gasteiger partial charge in [-0.25, -0.2) is 13.2 Å². The summed E-state index contributed by atoms with van der Waals surface area (Å²) in [5.74, 6) is 0.0876. The van der Waals surface area contributed by atoms with E-state index in [1.807, 2.05) is 6.92 Å². The molecule has 3 aromatic rings. The van der Waals surface area contributed by atoms with Crippen molar-refractivity contribution in [2.24, 2.45) is 0 Å². The summed E-state index contributed by atoms with van der Waals surface area (Å²) in [6, 6.07) is 6.74. The minimum absolute atomic E-state index is 0.0893. The summed E-state index contributed by atoms with van der Waals surface area (Å²) in [4.78, 5) is 15.2. The lowest BCUT2D eigenvalue weighted by Crippen LogP contribution is -2.30. The van der Waals surface area contributed by atoms with Gasteiger partial charge in [0.25, 0.3) is 10.0 Å². The van der Waals surface area contributed by atoms with E-state index >= 15 is 0 Å². The van der Waals surface area contributed by atoms with Crippen LogP contribution in [-0.4, -0.2) is 30.3 Å². The van der Waals surface area contributed by atoms with Crippen molar-refractivity contribution in [1.29, 1.82) is 0 Å². The van der Waals surface area contributed by atoms with Crippen LogP contribution in [0.1, 0.15) is 40.0 Å². The molecule has 1 N–H and O–H groups in total. The average Bonchev–Trinajstić information content (AvgIpc) is 3.39. The molecule has 150 valence electrons. The van der Waals surface area contributed by atoms with Gasteiger partial charge in [0.2, 0.25) is 0 Å². The first-order valence-corrected chi connectivity index (χ1v) is 11.1. The van der Waals surface area contributed by atoms with Crippen LogP contribution in [0.2, 0.25) is 0 Å². The number of aryl methyl sites for hydroxylation is 1. The number of nitrogens with zero attached hydrogens (tertiary/aromatic N) is 1. The van der Waals surface area contributed by atoms with Crippen molar-refractivity contribution in [2.45, 2.75) is 38.1 Å². The third-order valence-electron chi connectivity index (χ3n) is 4.41. The molecule has 3 rings (SSSR count). The quantitative estimate of drug-likeness (QED) is 0.557. The second kappa shape index (κ2) is 8.34. The zero-order valence-corrected chi connectivity index (χ0v) is 17.5. The van der Waals surface area contributed by atoms with Crippen LogP contribution >= 0.6 is 11.3 Å². The fourth-order valence-electron chi connectivity index (χ4n) is 2.95. The predicted molar refractivity (Wildman–Crippen MR) is 106 cm³/mol. The third-order valence-corrected chi connectivity index (χ3v) is 7.57. The highest BCUT2D eigenvalue weighted by molar-refractivity contribution is 7.91. The molecular weight excluding hydrogens is 400 g/mol. The van der Waals surface area contributed by atoms with Crippen LogP contribution in [0, 0.1) is 13.8 Å². The monoisotopic (exact) mass is 422 g/mol. The summed E-state index contributed by atoms with van der Waals surface area (Å²) in [6.07, 6.45) is 1.51. The van der Waals surface area contributed by atoms with E-state index in [-0.39, 0.29) is 23.9 Å². The van der Waals surface area contributed by atoms with Crippen LogP contribution in [0.4, 0.5) is 0 Å². The number of nitrogens with one attached hydrogen (secondary N) is 1. The normalized spacial score (nSPS) is 11.9. The molecule has 0 bridgehead atoms. The van der Waals surface area contributed by atoms with E-state index in [4.69, 9.17) is 9.15 Å². The molecule has 0 fully saturated rings. The highest BCUT2D eigenvalue weighted by atomic mass is 32.2. The Bertz CT molecular complexity index is 1030. The molecule has 7 nitrogen and oxygen atoms in total. The number of hydrogen-bond acceptors (Lipinski definition) is 6. The second-order valence-electron chi connectivity index (χ2n) is 6.23. The van der Waals surface area contributed by atoms with Crippen molar-refractivity contribution in [3.8, 4) is 0 Å². The second-order valence-corrected chi connectivity index (χ2v) is 9.35. The molecule has 0 aliphatic carbocycles. The predicted octanol–water partition coefficient (Wildman–Crippen LogP) is 3.85. The van der Waals surface area contributed by atoms with Crippen molar-refractivity contribution < 1.29 is 22.4 Å². The Labute approximate surface area is 168 Å². The molecule has 28 heavy (non-hydrogen) atoms. The van der Waals surface area contributed by atoms with Gasteiger partial charge in [-0.05, 0) is 55.5 Å². The van der Waals surface area contributed by atoms with E-state index in [9.17, 15) is 13.2 Å². The van der Waals surface area contributed by atoms with E-state index in [2.05, 4.69) is 4.98 Å². The fraction of sp³-hybridized carbons (Fsp3) is 0.316. The Morgan fingerprint density at radius 2 is 2.04 bits per heavy atom. The summed E-state index contributed by atoms with van der Waals surface area (Å²) in [7, 11) is -3.72. The van der Waals surface area contributed by atoms with Crippen molar-refractivity contribution in [2.75, 3.05) is 6.61 Å². The maximum absolute atomic E-state index is 13.2. The molecule has 0 atom stereocenters. The Hall–Kier alpha value is -2.36. The third kappa shape index (κ3) is 4.06. The molecule has 9 heteroatoms. The summed E-state index contributed by atoms with van der Waals surface area (Å²) in [5.41, 5.74) is 2.50. The zero-order valence-electron chi connectivity index (χ0n) is 15.9. The molecular formula is C19H22N2O5S2. The van der Waals surface area contributed by atoms with Crippen molar-refractivity contribution >= 4 is 27.3 Å². The number of sulfonamides is 1. The number of aromatic nitrogens is 1. The van der Waals surface area contributed by atoms with Crippen molar-refractivity contribution in [1.82, 2.24) is 9.29 Å². The molecule has 0 saturated carbocycles. The van der Waals surface area contributed by atoms with Gasteiger partial charge in [-0.3, -0.25) is 0 Å². The summed E-state index contributed by atoms with van der Waals surface area (Å²) in [5, 5.41) is 1.73. The summed E-state index contributed by atoms with van der Waals surface area (Å²) < 4.78 is 38.4. The van der Waals surface area contributed by atoms with Gasteiger partial charge in [0.15, 0.2) is 0 Å². The molecule has 0 radical (unpaired) electrons. The van der Waals surface area contributed by atoms with Gasteiger partial charge in [-0.1, -0.05) is 6.07 Å². The summed E-state index contributed by atoms with van der Waals surface area (Å²) >= 11 is 1.16. The average molecular weight is 423 g/mol. The van der Waals surface area contributed by atoms with Gasteiger partial charge in [0.05, 0.1) is 19.4 Å². The Morgan fingerprint density at radius 1 is 1.25 bits per heavy atom. The van der Waals surface area contributed by atoms with Crippen LogP contribution < -0.4 is 0 Å². The molecule has 0 spiro atoms. The first-order valence-electron chi connectivity index (χ1n) is 8.75. The molecule has 0 aliphatic rings. The van der Waals surface area contributed by atoms with E-state index in [0.717, 1.165) is 22.6 Å². The molecule has 0 aromatic carbocycles. The van der Waals surface area contributed by atoms with Crippen LogP contribution in [-0.2, 0) is 27.8 Å². The van der Waals surface area contributed by atoms with E-state index in [1.54, 1.807) is 43.5 Å². The van der Waals surface area contributed by atoms with Crippen molar-refractivity contribution in [3.05, 3.63) is 64.2 Å². The number of carbonyl (C=O) groups excluding carboxylic acids is 1. The molecule has 3 heterocycles. The number of aromatic amines is 1. The van der Waals surface area contributed by atoms with Gasteiger partial charge in [0, 0.05) is 12.2 Å². The maximum Gasteiger partial charge on any atom is 0.355 e. The zero-order chi connectivity index (χ0) is 20.3. The molecule has 0 aliphatic heterocycles. The Morgan fingerprint density at radius 3 is 2.64 bits per heavy atom. The van der Waals surface area contributed by atoms with Crippen molar-refractivity contribution in [3.63, 3.8) is 0 Å². The van der Waals surface area contributed by atoms with Gasteiger partial charge in [0.1, 0.15) is 15.7 Å². The topological polar surface area (TPSA) is 92.6 Å². The number of rotatable bonds is 8. The number of esters is 1. The van der Waals surface area contributed by atoms with E-state index < -0.39 is 16.0 Å². The van der Waals surface area contributed by atoms with Crippen LogP contribution in [0.15, 0.2) is 44.5 Å². The van der Waals surface area contributed by atoms with E-state index in [1.165, 1.54) is 10.6 Å². The first kappa shape index (κ1) is 20.4. The molecule has 0 amide bonds. The van der Waals surface area contributed by atoms with E-state index in [0.29, 0.717) is 17.0 Å². The number of furan rings is 1. The minimum atomic E-state index is -3.72. The van der Waals surface area contributed by atoms with Gasteiger partial charge in [-0.15, -0.1) is 11.3 Å².